The molecule has 1 saturated heterocycles. The molecule has 2 rings (SSSR count). The summed E-state index contributed by atoms with van der Waals surface area (Å²) in [6.07, 6.45) is 0.914. The molecular formula is C13H17N3O3S. The van der Waals surface area contributed by atoms with Crippen molar-refractivity contribution in [1.82, 2.24) is 5.32 Å². The minimum atomic E-state index is -0.504. The molecule has 1 heterocycles. The molecule has 1 aliphatic heterocycles. The molecule has 1 unspecified atom stereocenters. The Labute approximate surface area is 121 Å². The lowest BCUT2D eigenvalue weighted by atomic mass is 10.1. The number of nitrogens with zero attached hydrogens (tertiary/aromatic N) is 1. The Morgan fingerprint density at radius 1 is 1.55 bits per heavy atom. The first-order chi connectivity index (χ1) is 9.63. The van der Waals surface area contributed by atoms with Crippen LogP contribution in [0.5, 0.6) is 0 Å². The van der Waals surface area contributed by atoms with Crippen LogP contribution in [-0.2, 0) is 0 Å². The monoisotopic (exact) mass is 295 g/mol. The van der Waals surface area contributed by atoms with Crippen LogP contribution in [0, 0.1) is 10.1 Å². The van der Waals surface area contributed by atoms with Crippen molar-refractivity contribution in [2.45, 2.75) is 19.4 Å². The van der Waals surface area contributed by atoms with E-state index in [1.54, 1.807) is 23.9 Å². The zero-order valence-corrected chi connectivity index (χ0v) is 12.0. The number of carbonyl (C=O) groups is 1. The number of hydrogen-bond donors (Lipinski definition) is 2. The number of thioether (sulfide) groups is 1. The number of amides is 1. The average Bonchev–Trinajstić information content (AvgIpc) is 2.91. The third kappa shape index (κ3) is 3.22. The van der Waals surface area contributed by atoms with Crippen molar-refractivity contribution in [3.8, 4) is 0 Å². The molecule has 1 atom stereocenters. The van der Waals surface area contributed by atoms with Gasteiger partial charge in [-0.15, -0.1) is 0 Å². The Morgan fingerprint density at radius 2 is 2.35 bits per heavy atom. The molecule has 1 aromatic carbocycles. The molecule has 6 nitrogen and oxygen atoms in total. The third-order valence-electron chi connectivity index (χ3n) is 3.10. The highest BCUT2D eigenvalue weighted by Gasteiger charge is 2.26. The minimum absolute atomic E-state index is 0.106. The second-order valence-corrected chi connectivity index (χ2v) is 5.67. The van der Waals surface area contributed by atoms with E-state index in [-0.39, 0.29) is 23.2 Å². The van der Waals surface area contributed by atoms with Crippen LogP contribution in [-0.4, -0.2) is 34.9 Å². The number of carbonyl (C=O) groups excluding carboxylic acids is 1. The summed E-state index contributed by atoms with van der Waals surface area (Å²) in [6.45, 7) is 2.41. The van der Waals surface area contributed by atoms with Crippen LogP contribution in [0.4, 0.5) is 11.4 Å². The van der Waals surface area contributed by atoms with Crippen LogP contribution < -0.4 is 10.6 Å². The molecule has 0 aromatic heterocycles. The van der Waals surface area contributed by atoms with Crippen molar-refractivity contribution in [3.63, 3.8) is 0 Å². The lowest BCUT2D eigenvalue weighted by Gasteiger charge is -2.13. The molecule has 20 heavy (non-hydrogen) atoms. The first-order valence-electron chi connectivity index (χ1n) is 6.53. The van der Waals surface area contributed by atoms with E-state index in [4.69, 9.17) is 0 Å². The number of hydrogen-bond acceptors (Lipinski definition) is 5. The number of nitro benzene ring substituents is 1. The Kier molecular flexibility index (Phi) is 4.84. The van der Waals surface area contributed by atoms with Gasteiger partial charge in [-0.05, 0) is 31.2 Å². The lowest BCUT2D eigenvalue weighted by Crippen LogP contribution is -2.35. The van der Waals surface area contributed by atoms with Gasteiger partial charge in [0.2, 0.25) is 0 Å². The van der Waals surface area contributed by atoms with E-state index in [0.29, 0.717) is 12.2 Å². The van der Waals surface area contributed by atoms with E-state index in [1.165, 1.54) is 6.07 Å². The number of rotatable bonds is 5. The normalized spacial score (nSPS) is 17.8. The zero-order valence-electron chi connectivity index (χ0n) is 11.2. The summed E-state index contributed by atoms with van der Waals surface area (Å²) >= 11 is 1.78. The van der Waals surface area contributed by atoms with Gasteiger partial charge in [-0.1, -0.05) is 6.07 Å². The highest BCUT2D eigenvalue weighted by molar-refractivity contribution is 7.99. The van der Waals surface area contributed by atoms with Crippen molar-refractivity contribution in [3.05, 3.63) is 33.9 Å². The maximum absolute atomic E-state index is 12.2. The van der Waals surface area contributed by atoms with E-state index < -0.39 is 4.92 Å². The smallest absolute Gasteiger partial charge is 0.305 e. The van der Waals surface area contributed by atoms with E-state index in [2.05, 4.69) is 10.6 Å². The average molecular weight is 295 g/mol. The summed E-state index contributed by atoms with van der Waals surface area (Å²) < 4.78 is 0. The van der Waals surface area contributed by atoms with Gasteiger partial charge in [0.1, 0.15) is 11.3 Å². The van der Waals surface area contributed by atoms with Gasteiger partial charge < -0.3 is 10.6 Å². The van der Waals surface area contributed by atoms with Crippen molar-refractivity contribution < 1.29 is 9.72 Å². The van der Waals surface area contributed by atoms with E-state index in [1.807, 2.05) is 6.92 Å². The molecule has 1 aromatic rings. The molecule has 0 bridgehead atoms. The molecule has 108 valence electrons. The predicted octanol–water partition coefficient (Wildman–Crippen LogP) is 2.26. The first kappa shape index (κ1) is 14.6. The number of nitrogens with one attached hydrogen (secondary N) is 2. The zero-order chi connectivity index (χ0) is 14.5. The molecule has 0 spiro atoms. The number of nitro groups is 1. The summed E-state index contributed by atoms with van der Waals surface area (Å²) in [6, 6.07) is 4.87. The minimum Gasteiger partial charge on any atom is -0.380 e. The summed E-state index contributed by atoms with van der Waals surface area (Å²) in [5.41, 5.74) is 0.341. The van der Waals surface area contributed by atoms with Gasteiger partial charge in [0.05, 0.1) is 4.92 Å². The molecule has 1 amide bonds. The Hall–Kier alpha value is -1.76. The standard InChI is InChI=1S/C13H17N3O3S/c1-2-14-11-5-3-4-10(12(11)16(18)19)13(17)15-9-6-7-20-8-9/h3-5,9,14H,2,6-8H2,1H3,(H,15,17). The number of para-hydroxylation sites is 1. The Balaban J connectivity index is 2.27. The van der Waals surface area contributed by atoms with Gasteiger partial charge >= 0.3 is 5.69 Å². The summed E-state index contributed by atoms with van der Waals surface area (Å²) in [7, 11) is 0. The second-order valence-electron chi connectivity index (χ2n) is 4.52. The van der Waals surface area contributed by atoms with Gasteiger partial charge in [0.15, 0.2) is 0 Å². The SMILES string of the molecule is CCNc1cccc(C(=O)NC2CCSC2)c1[N+](=O)[O-]. The number of anilines is 1. The van der Waals surface area contributed by atoms with Crippen LogP contribution in [0.15, 0.2) is 18.2 Å². The summed E-state index contributed by atoms with van der Waals surface area (Å²) in [5.74, 6) is 1.51. The fourth-order valence-corrected chi connectivity index (χ4v) is 3.32. The third-order valence-corrected chi connectivity index (χ3v) is 4.26. The highest BCUT2D eigenvalue weighted by atomic mass is 32.2. The maximum Gasteiger partial charge on any atom is 0.305 e. The van der Waals surface area contributed by atoms with Crippen molar-refractivity contribution >= 4 is 29.0 Å². The van der Waals surface area contributed by atoms with Gasteiger partial charge in [-0.25, -0.2) is 0 Å². The maximum atomic E-state index is 12.2. The molecule has 1 fully saturated rings. The molecule has 0 aliphatic carbocycles. The van der Waals surface area contributed by atoms with Crippen LogP contribution in [0.25, 0.3) is 0 Å². The molecule has 2 N–H and O–H groups in total. The van der Waals surface area contributed by atoms with Crippen LogP contribution in [0.2, 0.25) is 0 Å². The van der Waals surface area contributed by atoms with Crippen LogP contribution in [0.1, 0.15) is 23.7 Å². The van der Waals surface area contributed by atoms with Crippen LogP contribution in [0.3, 0.4) is 0 Å². The van der Waals surface area contributed by atoms with Crippen molar-refractivity contribution in [2.24, 2.45) is 0 Å². The van der Waals surface area contributed by atoms with E-state index in [0.717, 1.165) is 17.9 Å². The summed E-state index contributed by atoms with van der Waals surface area (Å²) in [5, 5.41) is 17.0. The quantitative estimate of drug-likeness (QED) is 0.643. The fourth-order valence-electron chi connectivity index (χ4n) is 2.17. The van der Waals surface area contributed by atoms with E-state index >= 15 is 0 Å². The molecular weight excluding hydrogens is 278 g/mol. The second kappa shape index (κ2) is 6.60. The fraction of sp³-hybridized carbons (Fsp3) is 0.462. The van der Waals surface area contributed by atoms with Gasteiger partial charge in [0.25, 0.3) is 5.91 Å². The van der Waals surface area contributed by atoms with Crippen molar-refractivity contribution in [1.29, 1.82) is 0 Å². The predicted molar refractivity (Wildman–Crippen MR) is 80.5 cm³/mol. The number of benzene rings is 1. The highest BCUT2D eigenvalue weighted by Crippen LogP contribution is 2.29. The Morgan fingerprint density at radius 3 is 2.95 bits per heavy atom. The van der Waals surface area contributed by atoms with Crippen LogP contribution >= 0.6 is 11.8 Å². The molecule has 0 radical (unpaired) electrons. The molecule has 1 aliphatic rings. The summed E-state index contributed by atoms with van der Waals surface area (Å²) in [4.78, 5) is 23.0. The largest absolute Gasteiger partial charge is 0.380 e. The van der Waals surface area contributed by atoms with Gasteiger partial charge in [-0.2, -0.15) is 11.8 Å². The molecule has 7 heteroatoms. The Bertz CT molecular complexity index is 516. The van der Waals surface area contributed by atoms with Gasteiger partial charge in [-0.3, -0.25) is 14.9 Å². The van der Waals surface area contributed by atoms with E-state index in [9.17, 15) is 14.9 Å². The first-order valence-corrected chi connectivity index (χ1v) is 7.68. The topological polar surface area (TPSA) is 84.3 Å². The lowest BCUT2D eigenvalue weighted by molar-refractivity contribution is -0.384. The van der Waals surface area contributed by atoms with Gasteiger partial charge in [0, 0.05) is 18.3 Å². The molecule has 0 saturated carbocycles. The van der Waals surface area contributed by atoms with Crippen molar-refractivity contribution in [2.75, 3.05) is 23.4 Å².